The molecule has 4 fully saturated rings. The molecule has 2 N–H and O–H groups in total. The summed E-state index contributed by atoms with van der Waals surface area (Å²) in [5.41, 5.74) is 8.29. The number of rotatable bonds is 3. The van der Waals surface area contributed by atoms with Crippen molar-refractivity contribution in [1.29, 1.82) is 0 Å². The molecule has 0 saturated heterocycles. The molecule has 19 heavy (non-hydrogen) atoms. The van der Waals surface area contributed by atoms with Gasteiger partial charge in [-0.1, -0.05) is 0 Å². The number of thiophene rings is 1. The van der Waals surface area contributed by atoms with Crippen LogP contribution >= 0.6 is 11.3 Å². The van der Waals surface area contributed by atoms with Gasteiger partial charge in [-0.25, -0.2) is 0 Å². The SMILES string of the molecule is CC(N)(Cc1ccsc1)C1C2CC3CC(C2)CC1C3. The van der Waals surface area contributed by atoms with E-state index < -0.39 is 0 Å². The topological polar surface area (TPSA) is 26.0 Å². The van der Waals surface area contributed by atoms with Gasteiger partial charge in [0.25, 0.3) is 0 Å². The Morgan fingerprint density at radius 2 is 1.79 bits per heavy atom. The molecule has 0 spiro atoms. The number of hydrogen-bond acceptors (Lipinski definition) is 2. The van der Waals surface area contributed by atoms with Crippen LogP contribution in [0.25, 0.3) is 0 Å². The average Bonchev–Trinajstić information content (AvgIpc) is 2.78. The molecule has 4 aliphatic carbocycles. The highest BCUT2D eigenvalue weighted by Gasteiger charge is 2.52. The summed E-state index contributed by atoms with van der Waals surface area (Å²) in [5, 5.41) is 4.46. The molecule has 0 aromatic carbocycles. The fourth-order valence-corrected chi connectivity index (χ4v) is 6.62. The summed E-state index contributed by atoms with van der Waals surface area (Å²) in [4.78, 5) is 0. The van der Waals surface area contributed by atoms with E-state index in [2.05, 4.69) is 23.8 Å². The third-order valence-corrected chi connectivity index (χ3v) is 6.89. The Morgan fingerprint density at radius 1 is 1.16 bits per heavy atom. The van der Waals surface area contributed by atoms with Crippen molar-refractivity contribution in [1.82, 2.24) is 0 Å². The Bertz CT molecular complexity index is 420. The summed E-state index contributed by atoms with van der Waals surface area (Å²) in [5.74, 6) is 4.75. The fourth-order valence-electron chi connectivity index (χ4n) is 5.95. The van der Waals surface area contributed by atoms with E-state index in [9.17, 15) is 0 Å². The number of hydrogen-bond donors (Lipinski definition) is 1. The lowest BCUT2D eigenvalue weighted by molar-refractivity contribution is -0.0660. The molecule has 4 saturated carbocycles. The quantitative estimate of drug-likeness (QED) is 0.883. The van der Waals surface area contributed by atoms with E-state index in [0.29, 0.717) is 0 Å². The van der Waals surface area contributed by atoms with Crippen LogP contribution in [0.3, 0.4) is 0 Å². The summed E-state index contributed by atoms with van der Waals surface area (Å²) in [7, 11) is 0. The lowest BCUT2D eigenvalue weighted by atomic mass is 9.48. The molecular formula is C17H25NS. The van der Waals surface area contributed by atoms with Gasteiger partial charge in [0.2, 0.25) is 0 Å². The molecule has 0 amide bonds. The summed E-state index contributed by atoms with van der Waals surface area (Å²) in [6.45, 7) is 2.33. The largest absolute Gasteiger partial charge is 0.325 e. The highest BCUT2D eigenvalue weighted by molar-refractivity contribution is 7.07. The van der Waals surface area contributed by atoms with Crippen LogP contribution in [0.15, 0.2) is 16.8 Å². The predicted octanol–water partition coefficient (Wildman–Crippen LogP) is 4.08. The lowest BCUT2D eigenvalue weighted by Gasteiger charge is -2.58. The van der Waals surface area contributed by atoms with E-state index in [1.165, 1.54) is 37.7 Å². The van der Waals surface area contributed by atoms with Crippen LogP contribution in [-0.2, 0) is 6.42 Å². The second-order valence-corrected chi connectivity index (χ2v) is 8.55. The molecule has 5 rings (SSSR count). The minimum absolute atomic E-state index is 0.00366. The van der Waals surface area contributed by atoms with Crippen LogP contribution in [0.2, 0.25) is 0 Å². The first-order chi connectivity index (χ1) is 9.12. The van der Waals surface area contributed by atoms with E-state index in [1.807, 2.05) is 0 Å². The molecule has 1 heterocycles. The molecule has 0 radical (unpaired) electrons. The van der Waals surface area contributed by atoms with E-state index >= 15 is 0 Å². The van der Waals surface area contributed by atoms with Gasteiger partial charge in [0.05, 0.1) is 0 Å². The van der Waals surface area contributed by atoms with Crippen molar-refractivity contribution in [3.8, 4) is 0 Å². The molecule has 1 nitrogen and oxygen atoms in total. The standard InChI is InChI=1S/C17H25NS/c1-17(18,9-11-2-3-19-10-11)16-14-5-12-4-13(7-14)8-15(16)6-12/h2-3,10,12-16H,4-9,18H2,1H3. The summed E-state index contributed by atoms with van der Waals surface area (Å²) < 4.78 is 0. The van der Waals surface area contributed by atoms with Crippen molar-refractivity contribution in [2.24, 2.45) is 35.3 Å². The average molecular weight is 275 g/mol. The van der Waals surface area contributed by atoms with Gasteiger partial charge in [-0.3, -0.25) is 0 Å². The third kappa shape index (κ3) is 2.08. The molecule has 1 aromatic rings. The van der Waals surface area contributed by atoms with Crippen LogP contribution in [0.5, 0.6) is 0 Å². The van der Waals surface area contributed by atoms with Crippen molar-refractivity contribution in [2.45, 2.75) is 51.0 Å². The molecule has 4 aliphatic rings. The smallest absolute Gasteiger partial charge is 0.0200 e. The predicted molar refractivity (Wildman–Crippen MR) is 81.2 cm³/mol. The van der Waals surface area contributed by atoms with Gasteiger partial charge in [0.15, 0.2) is 0 Å². The van der Waals surface area contributed by atoms with E-state index in [-0.39, 0.29) is 5.54 Å². The minimum Gasteiger partial charge on any atom is -0.325 e. The lowest BCUT2D eigenvalue weighted by Crippen LogP contribution is -2.58. The Labute approximate surface area is 120 Å². The van der Waals surface area contributed by atoms with Crippen molar-refractivity contribution < 1.29 is 0 Å². The first kappa shape index (κ1) is 12.4. The van der Waals surface area contributed by atoms with Gasteiger partial charge in [-0.15, -0.1) is 0 Å². The second kappa shape index (κ2) is 4.33. The molecule has 104 valence electrons. The van der Waals surface area contributed by atoms with Crippen molar-refractivity contribution >= 4 is 11.3 Å². The molecule has 1 unspecified atom stereocenters. The zero-order valence-electron chi connectivity index (χ0n) is 11.8. The minimum atomic E-state index is 0.00366. The van der Waals surface area contributed by atoms with Crippen LogP contribution < -0.4 is 5.73 Å². The zero-order valence-corrected chi connectivity index (χ0v) is 12.7. The molecule has 2 heteroatoms. The van der Waals surface area contributed by atoms with E-state index in [0.717, 1.165) is 36.0 Å². The van der Waals surface area contributed by atoms with Crippen LogP contribution in [0.4, 0.5) is 0 Å². The molecule has 1 atom stereocenters. The fraction of sp³-hybridized carbons (Fsp3) is 0.765. The van der Waals surface area contributed by atoms with Gasteiger partial charge in [0, 0.05) is 5.54 Å². The third-order valence-electron chi connectivity index (χ3n) is 6.15. The Balaban J connectivity index is 1.57. The Kier molecular flexibility index (Phi) is 2.82. The van der Waals surface area contributed by atoms with Gasteiger partial charge >= 0.3 is 0 Å². The summed E-state index contributed by atoms with van der Waals surface area (Å²) >= 11 is 1.80. The maximum absolute atomic E-state index is 6.84. The van der Waals surface area contributed by atoms with Gasteiger partial charge in [0.1, 0.15) is 0 Å². The van der Waals surface area contributed by atoms with Crippen molar-refractivity contribution in [3.05, 3.63) is 22.4 Å². The Hall–Kier alpha value is -0.340. The van der Waals surface area contributed by atoms with Crippen LogP contribution in [0, 0.1) is 29.6 Å². The van der Waals surface area contributed by atoms with Crippen molar-refractivity contribution in [3.63, 3.8) is 0 Å². The highest BCUT2D eigenvalue weighted by Crippen LogP contribution is 2.59. The monoisotopic (exact) mass is 275 g/mol. The normalized spacial score (nSPS) is 43.4. The molecular weight excluding hydrogens is 250 g/mol. The molecule has 0 aliphatic heterocycles. The van der Waals surface area contributed by atoms with Crippen LogP contribution in [-0.4, -0.2) is 5.54 Å². The maximum Gasteiger partial charge on any atom is 0.0200 e. The van der Waals surface area contributed by atoms with Gasteiger partial charge in [-0.2, -0.15) is 11.3 Å². The van der Waals surface area contributed by atoms with Crippen LogP contribution in [0.1, 0.15) is 44.6 Å². The van der Waals surface area contributed by atoms with Gasteiger partial charge in [-0.05, 0) is 97.4 Å². The Morgan fingerprint density at radius 3 is 2.32 bits per heavy atom. The van der Waals surface area contributed by atoms with Crippen molar-refractivity contribution in [2.75, 3.05) is 0 Å². The van der Waals surface area contributed by atoms with Gasteiger partial charge < -0.3 is 5.73 Å². The first-order valence-corrected chi connectivity index (χ1v) is 8.86. The number of nitrogens with two attached hydrogens (primary N) is 1. The second-order valence-electron chi connectivity index (χ2n) is 7.77. The highest BCUT2D eigenvalue weighted by atomic mass is 32.1. The molecule has 4 bridgehead atoms. The van der Waals surface area contributed by atoms with E-state index in [1.54, 1.807) is 11.3 Å². The zero-order chi connectivity index (χ0) is 13.0. The molecule has 1 aromatic heterocycles. The summed E-state index contributed by atoms with van der Waals surface area (Å²) in [6.07, 6.45) is 8.53. The maximum atomic E-state index is 6.84. The van der Waals surface area contributed by atoms with E-state index in [4.69, 9.17) is 5.73 Å². The summed E-state index contributed by atoms with van der Waals surface area (Å²) in [6, 6.07) is 2.26. The first-order valence-electron chi connectivity index (χ1n) is 7.92.